The van der Waals surface area contributed by atoms with Crippen LogP contribution in [-0.4, -0.2) is 49.9 Å². The first-order chi connectivity index (χ1) is 20.5. The number of rotatable bonds is 8. The Kier molecular flexibility index (Phi) is 10.4. The standard InChI is InChI=1S/C16H13N5O5.C11H10FN3O2.ClH/c1-26-16(25)10-4-2-9(3-5-10)7-17-14(22)11-6-12(15(23)24)21-13(19-11)8-18-20-21;12-6-2-1-5(4-13)3-7(6)15-9-8(14)10(16)11(9)17;/h2-6,8H,7H2,1H3,(H,17,22)(H,23,24);1-3,15H,4,13-14H2;1H. The molecule has 0 aliphatic carbocycles. The van der Waals surface area contributed by atoms with Crippen molar-refractivity contribution < 1.29 is 28.6 Å². The molecule has 0 aliphatic heterocycles. The molecule has 0 bridgehead atoms. The zero-order valence-corrected chi connectivity index (χ0v) is 23.6. The number of carboxylic acid groups (broad SMARTS) is 1. The lowest BCUT2D eigenvalue weighted by atomic mass is 10.1. The van der Waals surface area contributed by atoms with Gasteiger partial charge >= 0.3 is 11.9 Å². The quantitative estimate of drug-likeness (QED) is 0.120. The molecule has 0 radical (unpaired) electrons. The molecule has 1 amide bonds. The lowest BCUT2D eigenvalue weighted by Gasteiger charge is -2.11. The van der Waals surface area contributed by atoms with E-state index in [9.17, 15) is 33.5 Å². The summed E-state index contributed by atoms with van der Waals surface area (Å²) in [4.78, 5) is 61.0. The maximum absolute atomic E-state index is 13.4. The molecular formula is C27H24ClFN8O7. The highest BCUT2D eigenvalue weighted by atomic mass is 35.5. The number of hydrogen-bond donors (Lipinski definition) is 5. The number of aromatic nitrogens is 4. The number of nitrogens with zero attached hydrogens (tertiary/aromatic N) is 4. The zero-order valence-electron chi connectivity index (χ0n) is 22.7. The lowest BCUT2D eigenvalue weighted by Crippen LogP contribution is -2.36. The van der Waals surface area contributed by atoms with Gasteiger partial charge < -0.3 is 31.9 Å². The molecule has 15 nitrogen and oxygen atoms in total. The summed E-state index contributed by atoms with van der Waals surface area (Å²) in [6.45, 7) is 0.420. The third-order valence-electron chi connectivity index (χ3n) is 6.02. The Hall–Kier alpha value is -5.74. The molecule has 0 fully saturated rings. The molecule has 44 heavy (non-hydrogen) atoms. The van der Waals surface area contributed by atoms with Crippen molar-refractivity contribution in [1.82, 2.24) is 25.1 Å². The molecule has 228 valence electrons. The van der Waals surface area contributed by atoms with Crippen LogP contribution in [0.1, 0.15) is 42.5 Å². The van der Waals surface area contributed by atoms with Gasteiger partial charge in [-0.15, -0.1) is 17.5 Å². The van der Waals surface area contributed by atoms with Gasteiger partial charge in [-0.25, -0.2) is 19.0 Å². The van der Waals surface area contributed by atoms with E-state index in [4.69, 9.17) is 11.5 Å². The molecule has 0 unspecified atom stereocenters. The molecule has 0 spiro atoms. The maximum atomic E-state index is 13.4. The number of carboxylic acids is 1. The average molecular weight is 627 g/mol. The van der Waals surface area contributed by atoms with Gasteiger partial charge in [0, 0.05) is 19.2 Å². The predicted molar refractivity (Wildman–Crippen MR) is 157 cm³/mol. The lowest BCUT2D eigenvalue weighted by molar-refractivity contribution is 0.0599. The van der Waals surface area contributed by atoms with Crippen molar-refractivity contribution in [2.75, 3.05) is 18.2 Å². The largest absolute Gasteiger partial charge is 0.477 e. The fraction of sp³-hybridized carbons (Fsp3) is 0.111. The second-order valence-electron chi connectivity index (χ2n) is 8.80. The highest BCUT2D eigenvalue weighted by Crippen LogP contribution is 2.22. The topological polar surface area (TPSA) is 234 Å². The van der Waals surface area contributed by atoms with E-state index in [0.717, 1.165) is 16.1 Å². The molecule has 2 heterocycles. The van der Waals surface area contributed by atoms with Crippen molar-refractivity contribution in [3.8, 4) is 0 Å². The van der Waals surface area contributed by atoms with Crippen LogP contribution < -0.4 is 33.0 Å². The molecular weight excluding hydrogens is 603 g/mol. The van der Waals surface area contributed by atoms with Crippen molar-refractivity contribution in [3.05, 3.63) is 109 Å². The van der Waals surface area contributed by atoms with Crippen molar-refractivity contribution in [1.29, 1.82) is 0 Å². The van der Waals surface area contributed by atoms with E-state index in [1.807, 2.05) is 0 Å². The number of fused-ring (bicyclic) bond motifs is 1. The molecule has 7 N–H and O–H groups in total. The summed E-state index contributed by atoms with van der Waals surface area (Å²) in [6, 6.07) is 11.9. The normalized spacial score (nSPS) is 10.3. The molecule has 0 saturated heterocycles. The summed E-state index contributed by atoms with van der Waals surface area (Å²) in [5, 5.41) is 21.6. The molecule has 0 saturated carbocycles. The Morgan fingerprint density at radius 2 is 1.73 bits per heavy atom. The summed E-state index contributed by atoms with van der Waals surface area (Å²) in [6.07, 6.45) is 1.26. The highest BCUT2D eigenvalue weighted by Gasteiger charge is 2.19. The number of halogens is 2. The number of esters is 1. The maximum Gasteiger partial charge on any atom is 0.354 e. The number of benzene rings is 2. The molecule has 17 heteroatoms. The predicted octanol–water partition coefficient (Wildman–Crippen LogP) is 1.17. The van der Waals surface area contributed by atoms with E-state index in [2.05, 4.69) is 30.7 Å². The van der Waals surface area contributed by atoms with Gasteiger partial charge in [0.1, 0.15) is 22.9 Å². The first kappa shape index (κ1) is 32.8. The highest BCUT2D eigenvalue weighted by molar-refractivity contribution is 5.96. The van der Waals surface area contributed by atoms with Gasteiger partial charge in [-0.05, 0) is 35.4 Å². The van der Waals surface area contributed by atoms with Crippen LogP contribution in [0.4, 0.5) is 21.5 Å². The number of aromatic carboxylic acids is 1. The van der Waals surface area contributed by atoms with Crippen LogP contribution in [0.15, 0.2) is 64.3 Å². The second kappa shape index (κ2) is 14.0. The van der Waals surface area contributed by atoms with Crippen LogP contribution in [0, 0.1) is 5.82 Å². The average Bonchev–Trinajstić information content (AvgIpc) is 3.51. The first-order valence-electron chi connectivity index (χ1n) is 12.3. The van der Waals surface area contributed by atoms with Gasteiger partial charge in [-0.3, -0.25) is 14.4 Å². The summed E-state index contributed by atoms with van der Waals surface area (Å²) in [7, 11) is 1.29. The third kappa shape index (κ3) is 7.00. The van der Waals surface area contributed by atoms with Gasteiger partial charge in [0.15, 0.2) is 11.3 Å². The van der Waals surface area contributed by atoms with Crippen molar-refractivity contribution >= 4 is 53.0 Å². The van der Waals surface area contributed by atoms with Gasteiger partial charge in [0.2, 0.25) is 0 Å². The molecule has 5 rings (SSSR count). The monoisotopic (exact) mass is 626 g/mol. The number of carbonyl (C=O) groups excluding carboxylic acids is 2. The van der Waals surface area contributed by atoms with Crippen LogP contribution in [0.2, 0.25) is 0 Å². The van der Waals surface area contributed by atoms with E-state index >= 15 is 0 Å². The number of methoxy groups -OCH3 is 1. The number of anilines is 3. The van der Waals surface area contributed by atoms with E-state index in [1.54, 1.807) is 24.3 Å². The van der Waals surface area contributed by atoms with Crippen molar-refractivity contribution in [2.45, 2.75) is 13.1 Å². The Morgan fingerprint density at radius 3 is 2.34 bits per heavy atom. The van der Waals surface area contributed by atoms with Crippen LogP contribution in [0.3, 0.4) is 0 Å². The molecule has 0 aliphatic rings. The second-order valence-corrected chi connectivity index (χ2v) is 8.80. The summed E-state index contributed by atoms with van der Waals surface area (Å²) in [5.41, 5.74) is 10.8. The van der Waals surface area contributed by atoms with Crippen molar-refractivity contribution in [2.24, 2.45) is 5.73 Å². The summed E-state index contributed by atoms with van der Waals surface area (Å²) in [5.74, 6) is -2.80. The smallest absolute Gasteiger partial charge is 0.354 e. The fourth-order valence-corrected chi connectivity index (χ4v) is 3.70. The van der Waals surface area contributed by atoms with Gasteiger partial charge in [-0.1, -0.05) is 23.4 Å². The van der Waals surface area contributed by atoms with Crippen LogP contribution in [0.25, 0.3) is 5.65 Å². The number of nitrogens with one attached hydrogen (secondary N) is 2. The minimum atomic E-state index is -1.25. The number of nitrogens with two attached hydrogens (primary N) is 2. The third-order valence-corrected chi connectivity index (χ3v) is 6.02. The van der Waals surface area contributed by atoms with Crippen LogP contribution in [0.5, 0.6) is 0 Å². The van der Waals surface area contributed by atoms with Gasteiger partial charge in [0.05, 0.1) is 24.6 Å². The number of nitrogen functional groups attached to an aromatic ring is 1. The van der Waals surface area contributed by atoms with Crippen LogP contribution >= 0.6 is 12.4 Å². The van der Waals surface area contributed by atoms with E-state index in [1.165, 1.54) is 31.5 Å². The number of carbonyl (C=O) groups is 3. The number of ether oxygens (including phenoxy) is 1. The first-order valence-corrected chi connectivity index (χ1v) is 12.3. The Morgan fingerprint density at radius 1 is 1.05 bits per heavy atom. The fourth-order valence-electron chi connectivity index (χ4n) is 3.70. The minimum absolute atomic E-state index is 0. The zero-order chi connectivity index (χ0) is 31.3. The number of amides is 1. The molecule has 5 aromatic rings. The Labute approximate surface area is 252 Å². The van der Waals surface area contributed by atoms with E-state index < -0.39 is 34.5 Å². The Bertz CT molecular complexity index is 1920. The van der Waals surface area contributed by atoms with Gasteiger partial charge in [-0.2, -0.15) is 4.52 Å². The molecule has 2 aromatic heterocycles. The van der Waals surface area contributed by atoms with Gasteiger partial charge in [0.25, 0.3) is 16.8 Å². The van der Waals surface area contributed by atoms with Crippen molar-refractivity contribution in [3.63, 3.8) is 0 Å². The Balaban J connectivity index is 0.000000256. The van der Waals surface area contributed by atoms with Crippen LogP contribution in [-0.2, 0) is 17.8 Å². The van der Waals surface area contributed by atoms with E-state index in [-0.39, 0.29) is 59.6 Å². The van der Waals surface area contributed by atoms with E-state index in [0.29, 0.717) is 11.1 Å². The number of hydrogen-bond acceptors (Lipinski definition) is 12. The summed E-state index contributed by atoms with van der Waals surface area (Å²) >= 11 is 0. The SMILES string of the molecule is COC(=O)c1ccc(CNC(=O)c2cc(C(=O)O)n3nncc3n2)cc1.Cl.NCc1ccc(F)c(Nc2c(N)c(=O)c2=O)c1. The summed E-state index contributed by atoms with van der Waals surface area (Å²) < 4.78 is 19.1. The molecule has 3 aromatic carbocycles. The molecule has 0 atom stereocenters. The minimum Gasteiger partial charge on any atom is -0.477 e.